The summed E-state index contributed by atoms with van der Waals surface area (Å²) < 4.78 is 9.93. The van der Waals surface area contributed by atoms with Crippen molar-refractivity contribution in [2.75, 3.05) is 19.8 Å². The monoisotopic (exact) mass is 285 g/mol. The van der Waals surface area contributed by atoms with Crippen LogP contribution in [0.3, 0.4) is 0 Å². The maximum Gasteiger partial charge on any atom is 0.325 e. The third kappa shape index (κ3) is 6.10. The summed E-state index contributed by atoms with van der Waals surface area (Å²) in [5, 5.41) is 2.40. The summed E-state index contributed by atoms with van der Waals surface area (Å²) in [5.41, 5.74) is 0.973. The fourth-order valence-electron chi connectivity index (χ4n) is 1.26. The minimum Gasteiger partial charge on any atom is -0.484 e. The van der Waals surface area contributed by atoms with Gasteiger partial charge in [0, 0.05) is 5.88 Å². The van der Waals surface area contributed by atoms with Gasteiger partial charge in [0.1, 0.15) is 12.3 Å². The number of esters is 1. The van der Waals surface area contributed by atoms with E-state index in [1.807, 2.05) is 12.1 Å². The highest BCUT2D eigenvalue weighted by atomic mass is 35.5. The number of amides is 1. The van der Waals surface area contributed by atoms with Crippen LogP contribution in [0.4, 0.5) is 0 Å². The predicted octanol–water partition coefficient (Wildman–Crippen LogP) is 1.48. The standard InChI is InChI=1S/C13H16ClNO4/c1-2-18-13(17)8-15-12(16)9-19-11-5-3-10(7-14)4-6-11/h3-6H,2,7-9H2,1H3,(H,15,16). The van der Waals surface area contributed by atoms with Gasteiger partial charge in [-0.1, -0.05) is 12.1 Å². The van der Waals surface area contributed by atoms with Crippen LogP contribution >= 0.6 is 11.6 Å². The van der Waals surface area contributed by atoms with Gasteiger partial charge in [-0.15, -0.1) is 11.6 Å². The fraction of sp³-hybridized carbons (Fsp3) is 0.385. The van der Waals surface area contributed by atoms with Gasteiger partial charge >= 0.3 is 5.97 Å². The summed E-state index contributed by atoms with van der Waals surface area (Å²) in [6, 6.07) is 7.10. The van der Waals surface area contributed by atoms with Crippen LogP contribution in [0.2, 0.25) is 0 Å². The summed E-state index contributed by atoms with van der Waals surface area (Å²) >= 11 is 5.65. The molecule has 0 saturated heterocycles. The lowest BCUT2D eigenvalue weighted by atomic mass is 10.2. The number of benzene rings is 1. The SMILES string of the molecule is CCOC(=O)CNC(=O)COc1ccc(CCl)cc1. The van der Waals surface area contributed by atoms with Crippen LogP contribution in [-0.2, 0) is 20.2 Å². The summed E-state index contributed by atoms with van der Waals surface area (Å²) in [6.07, 6.45) is 0. The lowest BCUT2D eigenvalue weighted by molar-refractivity contribution is -0.143. The maximum absolute atomic E-state index is 11.4. The van der Waals surface area contributed by atoms with Crippen molar-refractivity contribution in [2.24, 2.45) is 0 Å². The Labute approximate surface area is 116 Å². The van der Waals surface area contributed by atoms with Crippen molar-refractivity contribution >= 4 is 23.5 Å². The highest BCUT2D eigenvalue weighted by molar-refractivity contribution is 6.17. The number of alkyl halides is 1. The molecule has 1 aromatic carbocycles. The molecular formula is C13H16ClNO4. The first-order valence-corrected chi connectivity index (χ1v) is 6.39. The minimum absolute atomic E-state index is 0.152. The van der Waals surface area contributed by atoms with Gasteiger partial charge in [0.05, 0.1) is 6.61 Å². The Morgan fingerprint density at radius 1 is 1.26 bits per heavy atom. The fourth-order valence-corrected chi connectivity index (χ4v) is 1.44. The minimum atomic E-state index is -0.470. The van der Waals surface area contributed by atoms with Crippen molar-refractivity contribution < 1.29 is 19.1 Å². The molecule has 6 heteroatoms. The molecule has 19 heavy (non-hydrogen) atoms. The van der Waals surface area contributed by atoms with Crippen molar-refractivity contribution in [3.05, 3.63) is 29.8 Å². The van der Waals surface area contributed by atoms with Gasteiger partial charge in [-0.2, -0.15) is 0 Å². The van der Waals surface area contributed by atoms with Crippen molar-refractivity contribution in [3.63, 3.8) is 0 Å². The molecule has 0 heterocycles. The molecule has 1 amide bonds. The van der Waals surface area contributed by atoms with E-state index in [4.69, 9.17) is 16.3 Å². The normalized spacial score (nSPS) is 9.79. The Hall–Kier alpha value is -1.75. The summed E-state index contributed by atoms with van der Waals surface area (Å²) in [4.78, 5) is 22.4. The second-order valence-corrected chi connectivity index (χ2v) is 3.92. The lowest BCUT2D eigenvalue weighted by Crippen LogP contribution is -2.34. The number of halogens is 1. The molecule has 0 aliphatic rings. The van der Waals surface area contributed by atoms with E-state index in [2.05, 4.69) is 10.1 Å². The van der Waals surface area contributed by atoms with E-state index in [0.29, 0.717) is 11.6 Å². The van der Waals surface area contributed by atoms with Gasteiger partial charge in [-0.25, -0.2) is 0 Å². The van der Waals surface area contributed by atoms with Crippen LogP contribution in [0.15, 0.2) is 24.3 Å². The van der Waals surface area contributed by atoms with Gasteiger partial charge in [0.2, 0.25) is 0 Å². The Bertz CT molecular complexity index is 419. The Balaban J connectivity index is 2.27. The molecule has 1 N–H and O–H groups in total. The average Bonchev–Trinajstić information content (AvgIpc) is 2.44. The molecule has 1 rings (SSSR count). The van der Waals surface area contributed by atoms with Crippen LogP contribution < -0.4 is 10.1 Å². The average molecular weight is 286 g/mol. The molecule has 5 nitrogen and oxygen atoms in total. The number of hydrogen-bond acceptors (Lipinski definition) is 4. The summed E-state index contributed by atoms with van der Waals surface area (Å²) in [7, 11) is 0. The summed E-state index contributed by atoms with van der Waals surface area (Å²) in [6.45, 7) is 1.69. The summed E-state index contributed by atoms with van der Waals surface area (Å²) in [5.74, 6) is 0.150. The van der Waals surface area contributed by atoms with E-state index in [9.17, 15) is 9.59 Å². The maximum atomic E-state index is 11.4. The molecule has 0 aliphatic heterocycles. The van der Waals surface area contributed by atoms with E-state index in [0.717, 1.165) is 5.56 Å². The zero-order chi connectivity index (χ0) is 14.1. The van der Waals surface area contributed by atoms with Crippen molar-refractivity contribution in [2.45, 2.75) is 12.8 Å². The Morgan fingerprint density at radius 3 is 2.53 bits per heavy atom. The number of carbonyl (C=O) groups excluding carboxylic acids is 2. The molecule has 0 spiro atoms. The largest absolute Gasteiger partial charge is 0.484 e. The van der Waals surface area contributed by atoms with Crippen molar-refractivity contribution in [1.82, 2.24) is 5.32 Å². The zero-order valence-corrected chi connectivity index (χ0v) is 11.4. The van der Waals surface area contributed by atoms with Crippen LogP contribution in [0.5, 0.6) is 5.75 Å². The Morgan fingerprint density at radius 2 is 1.95 bits per heavy atom. The molecule has 0 radical (unpaired) electrons. The van der Waals surface area contributed by atoms with E-state index < -0.39 is 5.97 Å². The molecule has 1 aromatic rings. The van der Waals surface area contributed by atoms with Crippen molar-refractivity contribution in [1.29, 1.82) is 0 Å². The quantitative estimate of drug-likeness (QED) is 0.609. The zero-order valence-electron chi connectivity index (χ0n) is 10.6. The first-order valence-electron chi connectivity index (χ1n) is 5.85. The van der Waals surface area contributed by atoms with Gasteiger partial charge in [-0.05, 0) is 24.6 Å². The molecular weight excluding hydrogens is 270 g/mol. The number of hydrogen-bond donors (Lipinski definition) is 1. The second kappa shape index (κ2) is 8.37. The molecule has 0 fully saturated rings. The lowest BCUT2D eigenvalue weighted by Gasteiger charge is -2.07. The van der Waals surface area contributed by atoms with E-state index in [-0.39, 0.29) is 25.7 Å². The molecule has 0 atom stereocenters. The molecule has 0 saturated carbocycles. The smallest absolute Gasteiger partial charge is 0.325 e. The first kappa shape index (κ1) is 15.3. The predicted molar refractivity (Wildman–Crippen MR) is 71.1 cm³/mol. The van der Waals surface area contributed by atoms with E-state index >= 15 is 0 Å². The number of carbonyl (C=O) groups is 2. The second-order valence-electron chi connectivity index (χ2n) is 3.65. The molecule has 0 aliphatic carbocycles. The first-order chi connectivity index (χ1) is 9.15. The van der Waals surface area contributed by atoms with Crippen LogP contribution in [0.1, 0.15) is 12.5 Å². The number of ether oxygens (including phenoxy) is 2. The van der Waals surface area contributed by atoms with Crippen LogP contribution in [-0.4, -0.2) is 31.6 Å². The van der Waals surface area contributed by atoms with Gasteiger partial charge in [-0.3, -0.25) is 9.59 Å². The van der Waals surface area contributed by atoms with E-state index in [1.54, 1.807) is 19.1 Å². The molecule has 0 bridgehead atoms. The molecule has 0 aromatic heterocycles. The third-order valence-electron chi connectivity index (χ3n) is 2.18. The van der Waals surface area contributed by atoms with E-state index in [1.165, 1.54) is 0 Å². The van der Waals surface area contributed by atoms with Crippen LogP contribution in [0, 0.1) is 0 Å². The van der Waals surface area contributed by atoms with Crippen molar-refractivity contribution in [3.8, 4) is 5.75 Å². The third-order valence-corrected chi connectivity index (χ3v) is 2.49. The number of nitrogens with one attached hydrogen (secondary N) is 1. The van der Waals surface area contributed by atoms with Gasteiger partial charge < -0.3 is 14.8 Å². The topological polar surface area (TPSA) is 64.6 Å². The highest BCUT2D eigenvalue weighted by Crippen LogP contribution is 2.13. The van der Waals surface area contributed by atoms with Crippen LogP contribution in [0.25, 0.3) is 0 Å². The Kier molecular flexibility index (Phi) is 6.74. The number of rotatable bonds is 7. The highest BCUT2D eigenvalue weighted by Gasteiger charge is 2.06. The van der Waals surface area contributed by atoms with Gasteiger partial charge in [0.25, 0.3) is 5.91 Å². The molecule has 104 valence electrons. The molecule has 0 unspecified atom stereocenters. The van der Waals surface area contributed by atoms with Gasteiger partial charge in [0.15, 0.2) is 6.61 Å².